The van der Waals surface area contributed by atoms with Crippen LogP contribution in [0.25, 0.3) is 44.6 Å². The van der Waals surface area contributed by atoms with Crippen molar-refractivity contribution < 1.29 is 84.7 Å². The molecule has 2 fully saturated rings. The van der Waals surface area contributed by atoms with Crippen molar-refractivity contribution >= 4 is 21.9 Å². The molecule has 13 N–H and O–H groups in total. The molecule has 19 nitrogen and oxygen atoms in total. The molecule has 0 bridgehead atoms. The Hall–Kier alpha value is -6.10. The van der Waals surface area contributed by atoms with Gasteiger partial charge in [-0.1, -0.05) is 0 Å². The van der Waals surface area contributed by atoms with Crippen LogP contribution < -0.4 is 10.9 Å². The third-order valence-corrected chi connectivity index (χ3v) is 11.4. The topological polar surface area (TPSA) is 342 Å². The largest absolute Gasteiger partial charge is 0.508 e. The third-order valence-electron chi connectivity index (χ3n) is 11.4. The van der Waals surface area contributed by atoms with E-state index in [1.807, 2.05) is 0 Å². The number of rotatable bonds is 8. The van der Waals surface area contributed by atoms with Crippen LogP contribution in [-0.4, -0.2) is 128 Å². The molecule has 326 valence electrons. The highest BCUT2D eigenvalue weighted by molar-refractivity contribution is 5.92. The molecular weight excluding hydrogens is 820 g/mol. The minimum atomic E-state index is -2.00. The fourth-order valence-electron chi connectivity index (χ4n) is 8.05. The second-order valence-corrected chi connectivity index (χ2v) is 15.2. The Kier molecular flexibility index (Phi) is 11.2. The molecule has 2 saturated heterocycles. The van der Waals surface area contributed by atoms with Crippen molar-refractivity contribution in [1.29, 1.82) is 0 Å². The number of hydrogen-bond acceptors (Lipinski definition) is 19. The Balaban J connectivity index is 1.36. The first-order valence-electron chi connectivity index (χ1n) is 19.1. The number of benzene rings is 4. The van der Waals surface area contributed by atoms with Gasteiger partial charge in [-0.2, -0.15) is 0 Å². The van der Waals surface area contributed by atoms with E-state index in [2.05, 4.69) is 0 Å². The van der Waals surface area contributed by atoms with Gasteiger partial charge in [-0.15, -0.1) is 0 Å². The maximum Gasteiger partial charge on any atom is 0.203 e. The highest BCUT2D eigenvalue weighted by Crippen LogP contribution is 2.45. The Morgan fingerprint density at radius 1 is 0.565 bits per heavy atom. The van der Waals surface area contributed by atoms with Gasteiger partial charge in [0, 0.05) is 46.4 Å². The molecule has 4 heterocycles. The number of hydrogen-bond donors (Lipinski definition) is 13. The molecule has 0 saturated carbocycles. The normalized spacial score (nSPS) is 26.6. The third kappa shape index (κ3) is 7.09. The summed E-state index contributed by atoms with van der Waals surface area (Å²) in [6.07, 6.45) is -18.5. The lowest BCUT2D eigenvalue weighted by Crippen LogP contribution is -2.55. The van der Waals surface area contributed by atoms with Crippen LogP contribution >= 0.6 is 0 Å². The average molecular weight is 861 g/mol. The van der Waals surface area contributed by atoms with Gasteiger partial charge in [0.05, 0.1) is 18.8 Å². The lowest BCUT2D eigenvalue weighted by molar-refractivity contribution is -0.232. The van der Waals surface area contributed by atoms with Crippen molar-refractivity contribution in [2.75, 3.05) is 13.2 Å². The minimum Gasteiger partial charge on any atom is -0.508 e. The number of aromatic hydroxyl groups is 5. The van der Waals surface area contributed by atoms with Crippen molar-refractivity contribution in [2.45, 2.75) is 67.5 Å². The van der Waals surface area contributed by atoms with Gasteiger partial charge in [0.2, 0.25) is 5.43 Å². The molecule has 62 heavy (non-hydrogen) atoms. The Morgan fingerprint density at radius 3 is 1.69 bits per heavy atom. The molecular formula is C43H40O19. The second-order valence-electron chi connectivity index (χ2n) is 15.2. The van der Waals surface area contributed by atoms with Gasteiger partial charge in [0.25, 0.3) is 0 Å². The van der Waals surface area contributed by atoms with E-state index in [0.29, 0.717) is 5.56 Å². The van der Waals surface area contributed by atoms with Crippen molar-refractivity contribution in [3.8, 4) is 51.4 Å². The number of phenolic OH excluding ortho intramolecular Hbond substituents is 5. The standard InChI is InChI=1S/C43H40O19/c44-13-26-33(52)36(55)38(57)42(61-26)21-10-17(41-28(32(21)51)23(49)12-24(59-41)15-1-5-18(46)6-2-15)9-20-22(48)11-25-29(31(20)50)35(54)30(40(60-25)16-3-7-19(47)8-4-16)43-39(58)37(56)34(53)27(14-45)62-43/h1-8,10-12,26-27,33-34,36-39,42-48,50-53,55-58H,9,13-14H2. The van der Waals surface area contributed by atoms with E-state index in [1.165, 1.54) is 48.5 Å². The monoisotopic (exact) mass is 860 g/mol. The Labute approximate surface area is 347 Å². The van der Waals surface area contributed by atoms with Crippen LogP contribution in [-0.2, 0) is 15.9 Å². The highest BCUT2D eigenvalue weighted by Gasteiger charge is 2.47. The predicted octanol–water partition coefficient (Wildman–Crippen LogP) is 0.382. The van der Waals surface area contributed by atoms with Crippen LogP contribution in [0, 0.1) is 0 Å². The zero-order valence-corrected chi connectivity index (χ0v) is 32.0. The molecule has 4 aromatic carbocycles. The zero-order chi connectivity index (χ0) is 44.5. The van der Waals surface area contributed by atoms with Crippen LogP contribution in [0.3, 0.4) is 0 Å². The summed E-state index contributed by atoms with van der Waals surface area (Å²) in [5, 5.41) is 138. The van der Waals surface area contributed by atoms with Crippen LogP contribution in [0.2, 0.25) is 0 Å². The average Bonchev–Trinajstić information content (AvgIpc) is 3.25. The molecule has 10 atom stereocenters. The van der Waals surface area contributed by atoms with Gasteiger partial charge in [-0.3, -0.25) is 9.59 Å². The Bertz CT molecular complexity index is 2780. The Morgan fingerprint density at radius 2 is 1.11 bits per heavy atom. The maximum absolute atomic E-state index is 14.7. The van der Waals surface area contributed by atoms with Crippen molar-refractivity contribution in [3.05, 3.63) is 109 Å². The van der Waals surface area contributed by atoms with E-state index in [9.17, 15) is 76.0 Å². The zero-order valence-electron chi connectivity index (χ0n) is 32.0. The van der Waals surface area contributed by atoms with Gasteiger partial charge < -0.3 is 84.7 Å². The van der Waals surface area contributed by atoms with Crippen LogP contribution in [0.15, 0.2) is 85.2 Å². The van der Waals surface area contributed by atoms with E-state index in [1.54, 1.807) is 0 Å². The van der Waals surface area contributed by atoms with E-state index in [4.69, 9.17) is 18.3 Å². The van der Waals surface area contributed by atoms with Crippen LogP contribution in [0.1, 0.15) is 34.5 Å². The van der Waals surface area contributed by atoms with Gasteiger partial charge in [0.15, 0.2) is 5.43 Å². The number of fused-ring (bicyclic) bond motifs is 2. The summed E-state index contributed by atoms with van der Waals surface area (Å²) in [5.41, 5.74) is -3.62. The quantitative estimate of drug-likeness (QED) is 0.0984. The van der Waals surface area contributed by atoms with Crippen LogP contribution in [0.4, 0.5) is 0 Å². The van der Waals surface area contributed by atoms with E-state index in [-0.39, 0.29) is 45.3 Å². The van der Waals surface area contributed by atoms with Crippen molar-refractivity contribution in [2.24, 2.45) is 0 Å². The van der Waals surface area contributed by atoms with E-state index >= 15 is 0 Å². The van der Waals surface area contributed by atoms with Crippen molar-refractivity contribution in [1.82, 2.24) is 0 Å². The molecule has 8 rings (SSSR count). The molecule has 2 aliphatic rings. The molecule has 2 aliphatic heterocycles. The van der Waals surface area contributed by atoms with E-state index in [0.717, 1.165) is 18.2 Å². The number of aliphatic hydroxyl groups excluding tert-OH is 8. The highest BCUT2D eigenvalue weighted by atomic mass is 16.6. The lowest BCUT2D eigenvalue weighted by atomic mass is 9.87. The van der Waals surface area contributed by atoms with Crippen LogP contribution in [0.5, 0.6) is 28.7 Å². The minimum absolute atomic E-state index is 0.0673. The summed E-state index contributed by atoms with van der Waals surface area (Å²) in [6.45, 7) is -1.68. The first-order valence-corrected chi connectivity index (χ1v) is 19.1. The molecule has 0 amide bonds. The molecule has 19 heteroatoms. The first kappa shape index (κ1) is 42.6. The summed E-state index contributed by atoms with van der Waals surface area (Å²) in [7, 11) is 0. The molecule has 0 spiro atoms. The summed E-state index contributed by atoms with van der Waals surface area (Å²) in [5.74, 6) is -3.05. The number of phenols is 5. The van der Waals surface area contributed by atoms with Gasteiger partial charge in [-0.25, -0.2) is 0 Å². The lowest BCUT2D eigenvalue weighted by Gasteiger charge is -2.40. The maximum atomic E-state index is 14.7. The summed E-state index contributed by atoms with van der Waals surface area (Å²) >= 11 is 0. The summed E-state index contributed by atoms with van der Waals surface area (Å²) in [6, 6.07) is 13.8. The summed E-state index contributed by atoms with van der Waals surface area (Å²) in [4.78, 5) is 28.6. The second kappa shape index (κ2) is 16.3. The number of aliphatic hydroxyl groups is 8. The van der Waals surface area contributed by atoms with Gasteiger partial charge in [0.1, 0.15) is 123 Å². The SMILES string of the molecule is O=c1c(C2OC(CO)C(O)C(O)C2O)c(-c2ccc(O)cc2)oc2cc(O)c(Cc3cc(C4OC(CO)C(O)C(O)C4O)c(O)c4c(=O)cc(-c5ccc(O)cc5)oc34)c(O)c12. The molecule has 10 unspecified atom stereocenters. The smallest absolute Gasteiger partial charge is 0.203 e. The molecule has 0 aliphatic carbocycles. The van der Waals surface area contributed by atoms with Crippen molar-refractivity contribution in [3.63, 3.8) is 0 Å². The van der Waals surface area contributed by atoms with E-state index < -0.39 is 136 Å². The predicted molar refractivity (Wildman–Crippen MR) is 212 cm³/mol. The van der Waals surface area contributed by atoms with Gasteiger partial charge >= 0.3 is 0 Å². The number of ether oxygens (including phenoxy) is 2. The van der Waals surface area contributed by atoms with Gasteiger partial charge in [-0.05, 0) is 54.6 Å². The molecule has 0 radical (unpaired) electrons. The first-order chi connectivity index (χ1) is 29.5. The summed E-state index contributed by atoms with van der Waals surface area (Å²) < 4.78 is 23.7. The fraction of sp³-hybridized carbons (Fsp3) is 0.302. The molecule has 2 aromatic heterocycles. The molecule has 6 aromatic rings. The fourth-order valence-corrected chi connectivity index (χ4v) is 8.05.